The van der Waals surface area contributed by atoms with Gasteiger partial charge in [-0.15, -0.1) is 0 Å². The van der Waals surface area contributed by atoms with Gasteiger partial charge in [0.1, 0.15) is 0 Å². The maximum absolute atomic E-state index is 12.4. The van der Waals surface area contributed by atoms with Crippen LogP contribution in [0.15, 0.2) is 72.8 Å². The number of nitrogens with one attached hydrogen (secondary N) is 1. The molecule has 0 spiro atoms. The summed E-state index contributed by atoms with van der Waals surface area (Å²) in [6.45, 7) is 4.88. The van der Waals surface area contributed by atoms with Crippen LogP contribution in [0.25, 0.3) is 0 Å². The van der Waals surface area contributed by atoms with E-state index in [4.69, 9.17) is 25.8 Å². The molecule has 0 unspecified atom stereocenters. The van der Waals surface area contributed by atoms with Crippen molar-refractivity contribution in [2.45, 2.75) is 69.9 Å². The van der Waals surface area contributed by atoms with Gasteiger partial charge in [-0.3, -0.25) is 9.59 Å². The van der Waals surface area contributed by atoms with E-state index in [1.807, 2.05) is 60.7 Å². The molecule has 2 fully saturated rings. The highest BCUT2D eigenvalue weighted by atomic mass is 35.5. The third-order valence-corrected chi connectivity index (χ3v) is 8.56. The summed E-state index contributed by atoms with van der Waals surface area (Å²) >= 11 is 6.05. The van der Waals surface area contributed by atoms with E-state index in [1.54, 1.807) is 12.1 Å². The number of halogens is 1. The third-order valence-electron chi connectivity index (χ3n) is 8.30. The first kappa shape index (κ1) is 32.1. The van der Waals surface area contributed by atoms with Crippen LogP contribution in [-0.2, 0) is 36.0 Å². The van der Waals surface area contributed by atoms with Crippen LogP contribution in [0, 0.1) is 0 Å². The number of nitrogens with zero attached hydrogens (tertiary/aromatic N) is 1. The largest absolute Gasteiger partial charge is 0.453 e. The van der Waals surface area contributed by atoms with Crippen molar-refractivity contribution < 1.29 is 34.0 Å². The van der Waals surface area contributed by atoms with Gasteiger partial charge in [-0.1, -0.05) is 60.1 Å². The predicted molar refractivity (Wildman–Crippen MR) is 166 cm³/mol. The second kappa shape index (κ2) is 14.2. The number of amides is 1. The van der Waals surface area contributed by atoms with Crippen molar-refractivity contribution in [2.75, 3.05) is 25.0 Å². The Kier molecular flexibility index (Phi) is 10.4. The molecule has 234 valence electrons. The van der Waals surface area contributed by atoms with Crippen LogP contribution in [0.2, 0.25) is 5.02 Å². The fourth-order valence-electron chi connectivity index (χ4n) is 5.75. The zero-order chi connectivity index (χ0) is 31.3. The van der Waals surface area contributed by atoms with Crippen molar-refractivity contribution >= 4 is 29.2 Å². The van der Waals surface area contributed by atoms with Gasteiger partial charge in [0.15, 0.2) is 12.4 Å². The Labute approximate surface area is 262 Å². The molecule has 10 heteroatoms. The predicted octanol–water partition coefficient (Wildman–Crippen LogP) is 5.25. The highest BCUT2D eigenvalue weighted by molar-refractivity contribution is 6.30. The average Bonchev–Trinajstić information content (AvgIpc) is 3.02. The van der Waals surface area contributed by atoms with Crippen molar-refractivity contribution in [3.8, 4) is 0 Å². The summed E-state index contributed by atoms with van der Waals surface area (Å²) in [7, 11) is 0. The standard InChI is InChI=1S/C34H39ClN2O7/c1-22(42-23(2)39)32(40)36-29-13-7-26(8-14-29)33-43-30(19-31(44-33)25-5-3-24(21-38)4-6-25)20-37-17-15-34(41,16-18-37)27-9-11-28(35)12-10-27/h3-14,22,30-31,33,38,41H,15-21H2,1-2H3,(H,36,40)/t22-,30-,31+,33+/m0/s1. The molecule has 3 aromatic carbocycles. The lowest BCUT2D eigenvalue weighted by molar-refractivity contribution is -0.253. The lowest BCUT2D eigenvalue weighted by Gasteiger charge is -2.42. The Bertz CT molecular complexity index is 1410. The van der Waals surface area contributed by atoms with Crippen molar-refractivity contribution in [1.29, 1.82) is 0 Å². The molecule has 0 aromatic heterocycles. The second-order valence-corrected chi connectivity index (χ2v) is 12.0. The van der Waals surface area contributed by atoms with Crippen LogP contribution >= 0.6 is 11.6 Å². The number of carbonyl (C=O) groups excluding carboxylic acids is 2. The summed E-state index contributed by atoms with van der Waals surface area (Å²) in [5, 5.41) is 24.2. The SMILES string of the molecule is CC(=O)O[C@@H](C)C(=O)Nc1ccc([C@@H]2O[C@H](CN3CCC(O)(c4ccc(Cl)cc4)CC3)C[C@H](c3ccc(CO)cc3)O2)cc1. The molecular formula is C34H39ClN2O7. The monoisotopic (exact) mass is 622 g/mol. The number of aliphatic hydroxyl groups excluding tert-OH is 1. The molecule has 3 N–H and O–H groups in total. The van der Waals surface area contributed by atoms with E-state index >= 15 is 0 Å². The number of rotatable bonds is 9. The molecule has 9 nitrogen and oxygen atoms in total. The normalized spacial score (nSPS) is 22.6. The van der Waals surface area contributed by atoms with Crippen molar-refractivity contribution in [2.24, 2.45) is 0 Å². The maximum Gasteiger partial charge on any atom is 0.303 e. The number of benzene rings is 3. The smallest absolute Gasteiger partial charge is 0.303 e. The highest BCUT2D eigenvalue weighted by Crippen LogP contribution is 2.39. The first-order chi connectivity index (χ1) is 21.1. The molecular weight excluding hydrogens is 584 g/mol. The lowest BCUT2D eigenvalue weighted by atomic mass is 9.84. The number of carbonyl (C=O) groups is 2. The van der Waals surface area contributed by atoms with Gasteiger partial charge < -0.3 is 34.6 Å². The molecule has 1 amide bonds. The summed E-state index contributed by atoms with van der Waals surface area (Å²) in [6, 6.07) is 22.4. The minimum Gasteiger partial charge on any atom is -0.453 e. The Morgan fingerprint density at radius 2 is 1.64 bits per heavy atom. The molecule has 2 aliphatic heterocycles. The average molecular weight is 623 g/mol. The highest BCUT2D eigenvalue weighted by Gasteiger charge is 2.37. The van der Waals surface area contributed by atoms with E-state index in [-0.39, 0.29) is 18.8 Å². The molecule has 5 rings (SSSR count). The fourth-order valence-corrected chi connectivity index (χ4v) is 5.87. The Hall–Kier alpha value is -3.31. The van der Waals surface area contributed by atoms with E-state index in [9.17, 15) is 19.8 Å². The molecule has 4 atom stereocenters. The summed E-state index contributed by atoms with van der Waals surface area (Å²) in [4.78, 5) is 25.9. The third kappa shape index (κ3) is 8.04. The zero-order valence-corrected chi connectivity index (χ0v) is 25.7. The van der Waals surface area contributed by atoms with E-state index in [1.165, 1.54) is 13.8 Å². The molecule has 44 heavy (non-hydrogen) atoms. The van der Waals surface area contributed by atoms with Crippen LogP contribution in [-0.4, -0.2) is 58.8 Å². The van der Waals surface area contributed by atoms with Gasteiger partial charge in [0, 0.05) is 49.3 Å². The second-order valence-electron chi connectivity index (χ2n) is 11.6. The molecule has 2 saturated heterocycles. The molecule has 0 radical (unpaired) electrons. The zero-order valence-electron chi connectivity index (χ0n) is 24.9. The first-order valence-electron chi connectivity index (χ1n) is 14.9. The van der Waals surface area contributed by atoms with Crippen molar-refractivity contribution in [3.63, 3.8) is 0 Å². The van der Waals surface area contributed by atoms with Crippen LogP contribution in [0.5, 0.6) is 0 Å². The summed E-state index contributed by atoms with van der Waals surface area (Å²) in [5.41, 5.74) is 3.19. The lowest BCUT2D eigenvalue weighted by Crippen LogP contribution is -2.46. The quantitative estimate of drug-likeness (QED) is 0.277. The molecule has 3 aromatic rings. The minimum absolute atomic E-state index is 0.0277. The molecule has 2 heterocycles. The fraction of sp³-hybridized carbons (Fsp3) is 0.412. The molecule has 0 saturated carbocycles. The van der Waals surface area contributed by atoms with Gasteiger partial charge in [0.05, 0.1) is 24.4 Å². The van der Waals surface area contributed by atoms with Crippen LogP contribution < -0.4 is 5.32 Å². The van der Waals surface area contributed by atoms with E-state index < -0.39 is 29.9 Å². The molecule has 0 aliphatic carbocycles. The number of esters is 1. The van der Waals surface area contributed by atoms with Crippen LogP contribution in [0.1, 0.15) is 67.8 Å². The molecule has 2 aliphatic rings. The van der Waals surface area contributed by atoms with Gasteiger partial charge >= 0.3 is 5.97 Å². The first-order valence-corrected chi connectivity index (χ1v) is 15.3. The molecule has 0 bridgehead atoms. The van der Waals surface area contributed by atoms with Gasteiger partial charge in [-0.05, 0) is 60.7 Å². The number of hydrogen-bond acceptors (Lipinski definition) is 8. The van der Waals surface area contributed by atoms with Crippen molar-refractivity contribution in [1.82, 2.24) is 4.90 Å². The number of likely N-dealkylation sites (tertiary alicyclic amines) is 1. The number of piperidine rings is 1. The van der Waals surface area contributed by atoms with E-state index in [0.29, 0.717) is 36.5 Å². The Morgan fingerprint density at radius 3 is 2.25 bits per heavy atom. The Morgan fingerprint density at radius 1 is 1.00 bits per heavy atom. The van der Waals surface area contributed by atoms with Gasteiger partial charge in [-0.2, -0.15) is 0 Å². The summed E-state index contributed by atoms with van der Waals surface area (Å²) < 4.78 is 17.9. The van der Waals surface area contributed by atoms with Gasteiger partial charge in [0.2, 0.25) is 0 Å². The minimum atomic E-state index is -0.909. The van der Waals surface area contributed by atoms with Gasteiger partial charge in [0.25, 0.3) is 5.91 Å². The number of anilines is 1. The summed E-state index contributed by atoms with van der Waals surface area (Å²) in [5.74, 6) is -0.944. The number of aliphatic hydroxyl groups is 2. The topological polar surface area (TPSA) is 118 Å². The van der Waals surface area contributed by atoms with Crippen LogP contribution in [0.4, 0.5) is 5.69 Å². The number of hydrogen-bond donors (Lipinski definition) is 3. The number of ether oxygens (including phenoxy) is 3. The van der Waals surface area contributed by atoms with Crippen LogP contribution in [0.3, 0.4) is 0 Å². The summed E-state index contributed by atoms with van der Waals surface area (Å²) in [6.07, 6.45) is -0.0553. The van der Waals surface area contributed by atoms with E-state index in [2.05, 4.69) is 10.2 Å². The van der Waals surface area contributed by atoms with Gasteiger partial charge in [-0.25, -0.2) is 0 Å². The van der Waals surface area contributed by atoms with E-state index in [0.717, 1.165) is 35.3 Å². The van der Waals surface area contributed by atoms with Crippen molar-refractivity contribution in [3.05, 3.63) is 100 Å². The Balaban J connectivity index is 1.27. The maximum atomic E-state index is 12.4.